The molecule has 0 aliphatic carbocycles. The zero-order valence-corrected chi connectivity index (χ0v) is 15.0. The van der Waals surface area contributed by atoms with Gasteiger partial charge in [0.05, 0.1) is 18.7 Å². The topological polar surface area (TPSA) is 64.6 Å². The Hall–Kier alpha value is -2.82. The summed E-state index contributed by atoms with van der Waals surface area (Å²) < 4.78 is 10.7. The molecule has 1 atom stereocenters. The van der Waals surface area contributed by atoms with Crippen molar-refractivity contribution in [2.45, 2.75) is 26.8 Å². The summed E-state index contributed by atoms with van der Waals surface area (Å²) in [5.74, 6) is 0.513. The number of amides is 1. The molecule has 0 fully saturated rings. The first-order chi connectivity index (χ1) is 11.9. The number of methoxy groups -OCH3 is 1. The lowest BCUT2D eigenvalue weighted by molar-refractivity contribution is -0.123. The molecule has 25 heavy (non-hydrogen) atoms. The number of aryl methyl sites for hydroxylation is 1. The van der Waals surface area contributed by atoms with Crippen molar-refractivity contribution in [2.75, 3.05) is 13.7 Å². The van der Waals surface area contributed by atoms with Crippen molar-refractivity contribution in [1.29, 1.82) is 0 Å². The standard InChI is InChI=1S/C20H23NO4/c1-13-7-5-6-8-17(13)14(2)21-20(23)12-25-19-11-16(24-4)9-10-18(19)15(3)22/h5-11,14H,12H2,1-4H3,(H,21,23). The van der Waals surface area contributed by atoms with Gasteiger partial charge in [0, 0.05) is 6.07 Å². The zero-order chi connectivity index (χ0) is 18.4. The van der Waals surface area contributed by atoms with Crippen LogP contribution in [-0.4, -0.2) is 25.4 Å². The molecule has 0 bridgehead atoms. The third kappa shape index (κ3) is 4.83. The monoisotopic (exact) mass is 341 g/mol. The molecule has 1 amide bonds. The van der Waals surface area contributed by atoms with Crippen LogP contribution in [0.5, 0.6) is 11.5 Å². The van der Waals surface area contributed by atoms with Gasteiger partial charge in [-0.05, 0) is 44.0 Å². The number of rotatable bonds is 7. The van der Waals surface area contributed by atoms with Gasteiger partial charge in [0.25, 0.3) is 5.91 Å². The molecule has 0 aliphatic rings. The lowest BCUT2D eigenvalue weighted by atomic mass is 10.0. The average Bonchev–Trinajstić information content (AvgIpc) is 2.59. The predicted molar refractivity (Wildman–Crippen MR) is 96.2 cm³/mol. The fourth-order valence-corrected chi connectivity index (χ4v) is 2.62. The normalized spacial score (nSPS) is 11.5. The number of ketones is 1. The summed E-state index contributed by atoms with van der Waals surface area (Å²) in [6.07, 6.45) is 0. The molecular formula is C20H23NO4. The molecule has 0 saturated heterocycles. The molecule has 0 spiro atoms. The van der Waals surface area contributed by atoms with Crippen LogP contribution in [0.25, 0.3) is 0 Å². The Kier molecular flexibility index (Phi) is 6.17. The largest absolute Gasteiger partial charge is 0.497 e. The molecule has 0 aliphatic heterocycles. The van der Waals surface area contributed by atoms with Gasteiger partial charge in [-0.15, -0.1) is 0 Å². The van der Waals surface area contributed by atoms with Gasteiger partial charge < -0.3 is 14.8 Å². The molecule has 2 rings (SSSR count). The molecular weight excluding hydrogens is 318 g/mol. The molecule has 5 nitrogen and oxygen atoms in total. The van der Waals surface area contributed by atoms with E-state index in [1.54, 1.807) is 18.2 Å². The van der Waals surface area contributed by atoms with E-state index in [1.165, 1.54) is 14.0 Å². The Labute approximate surface area is 148 Å². The molecule has 0 aromatic heterocycles. The number of hydrogen-bond donors (Lipinski definition) is 1. The molecule has 1 unspecified atom stereocenters. The quantitative estimate of drug-likeness (QED) is 0.783. The second-order valence-corrected chi connectivity index (χ2v) is 5.85. The summed E-state index contributed by atoms with van der Waals surface area (Å²) in [6, 6.07) is 12.7. The molecule has 0 saturated carbocycles. The summed E-state index contributed by atoms with van der Waals surface area (Å²) >= 11 is 0. The van der Waals surface area contributed by atoms with Gasteiger partial charge in [-0.3, -0.25) is 9.59 Å². The second-order valence-electron chi connectivity index (χ2n) is 5.85. The number of carbonyl (C=O) groups excluding carboxylic acids is 2. The number of hydrogen-bond acceptors (Lipinski definition) is 4. The van der Waals surface area contributed by atoms with E-state index in [4.69, 9.17) is 9.47 Å². The van der Waals surface area contributed by atoms with Crippen molar-refractivity contribution in [3.8, 4) is 11.5 Å². The molecule has 0 radical (unpaired) electrons. The highest BCUT2D eigenvalue weighted by Gasteiger charge is 2.14. The van der Waals surface area contributed by atoms with Crippen LogP contribution in [0.4, 0.5) is 0 Å². The number of Topliss-reactive ketones (excluding diaryl/α,β-unsaturated/α-hetero) is 1. The number of carbonyl (C=O) groups is 2. The van der Waals surface area contributed by atoms with Crippen LogP contribution in [0.1, 0.15) is 41.4 Å². The van der Waals surface area contributed by atoms with E-state index in [-0.39, 0.29) is 24.3 Å². The Bertz CT molecular complexity index is 770. The summed E-state index contributed by atoms with van der Waals surface area (Å²) in [7, 11) is 1.53. The maximum atomic E-state index is 12.2. The van der Waals surface area contributed by atoms with Crippen molar-refractivity contribution >= 4 is 11.7 Å². The van der Waals surface area contributed by atoms with Gasteiger partial charge in [-0.2, -0.15) is 0 Å². The molecule has 0 heterocycles. The van der Waals surface area contributed by atoms with Crippen LogP contribution in [0.3, 0.4) is 0 Å². The molecule has 2 aromatic rings. The van der Waals surface area contributed by atoms with Gasteiger partial charge in [0.2, 0.25) is 0 Å². The highest BCUT2D eigenvalue weighted by molar-refractivity contribution is 5.97. The van der Waals surface area contributed by atoms with Gasteiger partial charge >= 0.3 is 0 Å². The van der Waals surface area contributed by atoms with E-state index < -0.39 is 0 Å². The van der Waals surface area contributed by atoms with Crippen LogP contribution in [-0.2, 0) is 4.79 Å². The van der Waals surface area contributed by atoms with Gasteiger partial charge in [-0.1, -0.05) is 24.3 Å². The number of ether oxygens (including phenoxy) is 2. The Morgan fingerprint density at radius 3 is 2.52 bits per heavy atom. The first-order valence-corrected chi connectivity index (χ1v) is 8.09. The van der Waals surface area contributed by atoms with Crippen molar-refractivity contribution < 1.29 is 19.1 Å². The van der Waals surface area contributed by atoms with Crippen LogP contribution in [0, 0.1) is 6.92 Å². The highest BCUT2D eigenvalue weighted by Crippen LogP contribution is 2.25. The van der Waals surface area contributed by atoms with Crippen LogP contribution < -0.4 is 14.8 Å². The van der Waals surface area contributed by atoms with Crippen LogP contribution >= 0.6 is 0 Å². The van der Waals surface area contributed by atoms with Gasteiger partial charge in [0.1, 0.15) is 11.5 Å². The average molecular weight is 341 g/mol. The summed E-state index contributed by atoms with van der Waals surface area (Å²) in [4.78, 5) is 23.9. The number of nitrogens with one attached hydrogen (secondary N) is 1. The van der Waals surface area contributed by atoms with E-state index in [2.05, 4.69) is 5.32 Å². The minimum Gasteiger partial charge on any atom is -0.497 e. The predicted octanol–water partition coefficient (Wildman–Crippen LogP) is 3.46. The highest BCUT2D eigenvalue weighted by atomic mass is 16.5. The van der Waals surface area contributed by atoms with Gasteiger partial charge in [0.15, 0.2) is 12.4 Å². The minimum absolute atomic E-state index is 0.130. The molecule has 132 valence electrons. The Morgan fingerprint density at radius 1 is 1.16 bits per heavy atom. The molecule has 2 aromatic carbocycles. The lowest BCUT2D eigenvalue weighted by Gasteiger charge is -2.17. The third-order valence-corrected chi connectivity index (χ3v) is 3.96. The van der Waals surface area contributed by atoms with Crippen molar-refractivity contribution in [1.82, 2.24) is 5.32 Å². The van der Waals surface area contributed by atoms with E-state index >= 15 is 0 Å². The third-order valence-electron chi connectivity index (χ3n) is 3.96. The van der Waals surface area contributed by atoms with E-state index in [0.717, 1.165) is 11.1 Å². The second kappa shape index (κ2) is 8.33. The number of benzene rings is 2. The summed E-state index contributed by atoms with van der Waals surface area (Å²) in [6.45, 7) is 5.20. The van der Waals surface area contributed by atoms with Crippen LogP contribution in [0.2, 0.25) is 0 Å². The minimum atomic E-state index is -0.256. The smallest absolute Gasteiger partial charge is 0.258 e. The van der Waals surface area contributed by atoms with E-state index in [1.807, 2.05) is 38.1 Å². The lowest BCUT2D eigenvalue weighted by Crippen LogP contribution is -2.31. The van der Waals surface area contributed by atoms with Gasteiger partial charge in [-0.25, -0.2) is 0 Å². The molecule has 1 N–H and O–H groups in total. The zero-order valence-electron chi connectivity index (χ0n) is 15.0. The maximum absolute atomic E-state index is 12.2. The summed E-state index contributed by atoms with van der Waals surface area (Å²) in [5, 5.41) is 2.90. The van der Waals surface area contributed by atoms with Crippen molar-refractivity contribution in [3.05, 3.63) is 59.2 Å². The van der Waals surface area contributed by atoms with Crippen molar-refractivity contribution in [2.24, 2.45) is 0 Å². The fourth-order valence-electron chi connectivity index (χ4n) is 2.62. The van der Waals surface area contributed by atoms with E-state index in [0.29, 0.717) is 17.1 Å². The SMILES string of the molecule is COc1ccc(C(C)=O)c(OCC(=O)NC(C)c2ccccc2C)c1. The van der Waals surface area contributed by atoms with Crippen LogP contribution in [0.15, 0.2) is 42.5 Å². The maximum Gasteiger partial charge on any atom is 0.258 e. The first-order valence-electron chi connectivity index (χ1n) is 8.09. The van der Waals surface area contributed by atoms with E-state index in [9.17, 15) is 9.59 Å². The summed E-state index contributed by atoms with van der Waals surface area (Å²) in [5.41, 5.74) is 2.59. The first kappa shape index (κ1) is 18.5. The van der Waals surface area contributed by atoms with Crippen molar-refractivity contribution in [3.63, 3.8) is 0 Å². The Morgan fingerprint density at radius 2 is 1.88 bits per heavy atom. The fraction of sp³-hybridized carbons (Fsp3) is 0.300. The Balaban J connectivity index is 2.02. The molecule has 5 heteroatoms.